The van der Waals surface area contributed by atoms with Gasteiger partial charge in [-0.05, 0) is 149 Å². The van der Waals surface area contributed by atoms with Gasteiger partial charge in [0.1, 0.15) is 0 Å². The van der Waals surface area contributed by atoms with Crippen molar-refractivity contribution in [3.63, 3.8) is 0 Å². The lowest BCUT2D eigenvalue weighted by Gasteiger charge is -2.28. The summed E-state index contributed by atoms with van der Waals surface area (Å²) in [5.74, 6) is 0.655. The van der Waals surface area contributed by atoms with Crippen LogP contribution < -0.4 is 5.32 Å². The van der Waals surface area contributed by atoms with Crippen molar-refractivity contribution in [2.45, 2.75) is 173 Å². The maximum atomic E-state index is 6.69. The molecule has 47 heavy (non-hydrogen) atoms. The predicted octanol–water partition coefficient (Wildman–Crippen LogP) is 11.8. The van der Waals surface area contributed by atoms with Crippen LogP contribution in [0.25, 0.3) is 0 Å². The molecule has 2 atom stereocenters. The molecule has 0 aromatic heterocycles. The van der Waals surface area contributed by atoms with E-state index in [1.165, 1.54) is 128 Å². The van der Waals surface area contributed by atoms with Gasteiger partial charge in [-0.1, -0.05) is 81.2 Å². The minimum absolute atomic E-state index is 0.263. The summed E-state index contributed by atoms with van der Waals surface area (Å²) >= 11 is 4.26. The number of thiol groups is 1. The topological polar surface area (TPSA) is 33.7 Å². The predicted molar refractivity (Wildman–Crippen MR) is 212 cm³/mol. The molecule has 2 unspecified atom stereocenters. The van der Waals surface area contributed by atoms with Gasteiger partial charge in [0.2, 0.25) is 0 Å². The number of nitrogens with zero attached hydrogens (tertiary/aromatic N) is 1. The first-order valence-electron chi connectivity index (χ1n) is 20.0. The SMILES string of the molecule is CCCCC/C=C\CCCC/C=C\CCCCCC1(CCCCC/C=C\CCNC/C=C\CCCCS)OCC(CCCN(C)C)O1. The van der Waals surface area contributed by atoms with Gasteiger partial charge in [-0.15, -0.1) is 0 Å². The molecular weight excluding hydrogens is 597 g/mol. The summed E-state index contributed by atoms with van der Waals surface area (Å²) in [6.45, 7) is 6.19. The molecule has 1 fully saturated rings. The highest BCUT2D eigenvalue weighted by atomic mass is 32.1. The molecule has 0 saturated carbocycles. The second-order valence-corrected chi connectivity index (χ2v) is 14.4. The standard InChI is InChI=1S/C42H78N2O2S/c1-4-5-6-7-8-9-10-11-12-13-14-15-16-18-22-27-34-42(45-40-41(46-42)33-32-38-44(2)3)35-28-23-19-17-20-24-29-36-43-37-30-25-21-26-31-39-47/h8-9,14-15,20,24-25,30,41,43,47H,4-7,10-13,16-19,21-23,26-29,31-40H2,1-3H3/b9-8-,15-14-,24-20-,30-25-. The maximum absolute atomic E-state index is 6.69. The summed E-state index contributed by atoms with van der Waals surface area (Å²) < 4.78 is 13.2. The third-order valence-electron chi connectivity index (χ3n) is 9.06. The highest BCUT2D eigenvalue weighted by molar-refractivity contribution is 7.80. The first-order valence-corrected chi connectivity index (χ1v) is 20.6. The van der Waals surface area contributed by atoms with Crippen molar-refractivity contribution in [3.05, 3.63) is 48.6 Å². The first-order chi connectivity index (χ1) is 23.1. The van der Waals surface area contributed by atoms with Gasteiger partial charge in [-0.3, -0.25) is 0 Å². The average molecular weight is 675 g/mol. The van der Waals surface area contributed by atoms with Crippen LogP contribution in [-0.4, -0.2) is 62.9 Å². The van der Waals surface area contributed by atoms with Crippen LogP contribution in [0.2, 0.25) is 0 Å². The van der Waals surface area contributed by atoms with E-state index in [2.05, 4.69) is 92.5 Å². The minimum Gasteiger partial charge on any atom is -0.347 e. The van der Waals surface area contributed by atoms with E-state index >= 15 is 0 Å². The lowest BCUT2D eigenvalue weighted by molar-refractivity contribution is -0.180. The molecule has 5 heteroatoms. The fourth-order valence-electron chi connectivity index (χ4n) is 6.14. The summed E-state index contributed by atoms with van der Waals surface area (Å²) in [7, 11) is 4.30. The fourth-order valence-corrected chi connectivity index (χ4v) is 6.36. The maximum Gasteiger partial charge on any atom is 0.168 e. The molecular formula is C42H78N2O2S. The highest BCUT2D eigenvalue weighted by Crippen LogP contribution is 2.36. The zero-order valence-corrected chi connectivity index (χ0v) is 32.3. The number of allylic oxidation sites excluding steroid dienone is 6. The van der Waals surface area contributed by atoms with Crippen LogP contribution in [0.4, 0.5) is 0 Å². The molecule has 0 amide bonds. The van der Waals surface area contributed by atoms with Gasteiger partial charge in [0, 0.05) is 19.4 Å². The molecule has 1 saturated heterocycles. The number of ether oxygens (including phenoxy) is 2. The van der Waals surface area contributed by atoms with Crippen molar-refractivity contribution in [1.82, 2.24) is 10.2 Å². The molecule has 0 bridgehead atoms. The number of nitrogens with one attached hydrogen (secondary N) is 1. The van der Waals surface area contributed by atoms with Gasteiger partial charge in [0.25, 0.3) is 0 Å². The largest absolute Gasteiger partial charge is 0.347 e. The van der Waals surface area contributed by atoms with Gasteiger partial charge in [-0.2, -0.15) is 12.6 Å². The lowest BCUT2D eigenvalue weighted by Crippen LogP contribution is -2.31. The van der Waals surface area contributed by atoms with Crippen LogP contribution in [0.3, 0.4) is 0 Å². The first kappa shape index (κ1) is 44.2. The van der Waals surface area contributed by atoms with Crippen LogP contribution in [0, 0.1) is 0 Å². The van der Waals surface area contributed by atoms with E-state index < -0.39 is 0 Å². The van der Waals surface area contributed by atoms with Crippen molar-refractivity contribution in [3.8, 4) is 0 Å². The Morgan fingerprint density at radius 3 is 1.70 bits per heavy atom. The Balaban J connectivity index is 2.21. The van der Waals surface area contributed by atoms with E-state index in [1.54, 1.807) is 0 Å². The van der Waals surface area contributed by atoms with Gasteiger partial charge >= 0.3 is 0 Å². The summed E-state index contributed by atoms with van der Waals surface area (Å²) in [6, 6.07) is 0. The monoisotopic (exact) mass is 675 g/mol. The van der Waals surface area contributed by atoms with E-state index in [-0.39, 0.29) is 11.9 Å². The molecule has 0 aromatic carbocycles. The van der Waals surface area contributed by atoms with Crippen LogP contribution in [0.1, 0.15) is 161 Å². The van der Waals surface area contributed by atoms with Crippen LogP contribution in [-0.2, 0) is 9.47 Å². The molecule has 274 valence electrons. The Bertz CT molecular complexity index is 731. The van der Waals surface area contributed by atoms with E-state index in [0.29, 0.717) is 0 Å². The highest BCUT2D eigenvalue weighted by Gasteiger charge is 2.40. The minimum atomic E-state index is -0.342. The summed E-state index contributed by atoms with van der Waals surface area (Å²) in [5, 5.41) is 3.51. The Hall–Kier alpha value is -0.850. The van der Waals surface area contributed by atoms with Gasteiger partial charge in [0.15, 0.2) is 5.79 Å². The molecule has 1 N–H and O–H groups in total. The van der Waals surface area contributed by atoms with Crippen molar-refractivity contribution in [2.75, 3.05) is 46.1 Å². The Morgan fingerprint density at radius 1 is 0.638 bits per heavy atom. The van der Waals surface area contributed by atoms with E-state index in [0.717, 1.165) is 57.7 Å². The van der Waals surface area contributed by atoms with E-state index in [9.17, 15) is 0 Å². The average Bonchev–Trinajstić information content (AvgIpc) is 3.47. The van der Waals surface area contributed by atoms with Gasteiger partial charge in [0.05, 0.1) is 12.7 Å². The Morgan fingerprint density at radius 2 is 1.15 bits per heavy atom. The van der Waals surface area contributed by atoms with Crippen molar-refractivity contribution in [2.24, 2.45) is 0 Å². The van der Waals surface area contributed by atoms with E-state index in [4.69, 9.17) is 9.47 Å². The van der Waals surface area contributed by atoms with Crippen molar-refractivity contribution >= 4 is 12.6 Å². The summed E-state index contributed by atoms with van der Waals surface area (Å²) in [5.41, 5.74) is 0. The van der Waals surface area contributed by atoms with Crippen LogP contribution in [0.5, 0.6) is 0 Å². The molecule has 0 spiro atoms. The number of unbranched alkanes of at least 4 members (excludes halogenated alkanes) is 14. The third-order valence-corrected chi connectivity index (χ3v) is 9.38. The molecule has 0 radical (unpaired) electrons. The van der Waals surface area contributed by atoms with Gasteiger partial charge in [-0.25, -0.2) is 0 Å². The van der Waals surface area contributed by atoms with Crippen LogP contribution in [0.15, 0.2) is 48.6 Å². The quantitative estimate of drug-likeness (QED) is 0.0404. The molecule has 0 aliphatic carbocycles. The second-order valence-electron chi connectivity index (χ2n) is 14.0. The molecule has 1 rings (SSSR count). The lowest BCUT2D eigenvalue weighted by atomic mass is 9.99. The van der Waals surface area contributed by atoms with Crippen molar-refractivity contribution in [1.29, 1.82) is 0 Å². The molecule has 1 heterocycles. The van der Waals surface area contributed by atoms with Crippen LogP contribution >= 0.6 is 12.6 Å². The number of hydrogen-bond donors (Lipinski definition) is 2. The normalized spacial score (nSPS) is 18.9. The molecule has 1 aliphatic heterocycles. The molecule has 0 aromatic rings. The zero-order chi connectivity index (χ0) is 33.9. The second kappa shape index (κ2) is 33.6. The zero-order valence-electron chi connectivity index (χ0n) is 31.4. The Labute approximate surface area is 299 Å². The third kappa shape index (κ3) is 28.7. The molecule has 4 nitrogen and oxygen atoms in total. The summed E-state index contributed by atoms with van der Waals surface area (Å²) in [6.07, 6.45) is 48.4. The number of rotatable bonds is 34. The summed E-state index contributed by atoms with van der Waals surface area (Å²) in [4.78, 5) is 2.27. The molecule has 1 aliphatic rings. The van der Waals surface area contributed by atoms with Crippen molar-refractivity contribution < 1.29 is 9.47 Å². The smallest absolute Gasteiger partial charge is 0.168 e. The fraction of sp³-hybridized carbons (Fsp3) is 0.810. The number of hydrogen-bond acceptors (Lipinski definition) is 5. The van der Waals surface area contributed by atoms with Gasteiger partial charge < -0.3 is 19.7 Å². The Kier molecular flexibility index (Phi) is 31.6. The van der Waals surface area contributed by atoms with E-state index in [1.807, 2.05) is 0 Å².